The van der Waals surface area contributed by atoms with E-state index in [-0.39, 0.29) is 10.8 Å². The zero-order valence-electron chi connectivity index (χ0n) is 12.6. The van der Waals surface area contributed by atoms with E-state index in [1.165, 1.54) is 35.6 Å². The third kappa shape index (κ3) is 3.66. The van der Waals surface area contributed by atoms with E-state index < -0.39 is 9.84 Å². The normalized spacial score (nSPS) is 11.2. The van der Waals surface area contributed by atoms with Crippen molar-refractivity contribution >= 4 is 32.8 Å². The van der Waals surface area contributed by atoms with Crippen LogP contribution in [0.3, 0.4) is 0 Å². The van der Waals surface area contributed by atoms with Crippen molar-refractivity contribution in [1.82, 2.24) is 10.2 Å². The first-order chi connectivity index (χ1) is 11.4. The zero-order chi connectivity index (χ0) is 17.2. The fourth-order valence-electron chi connectivity index (χ4n) is 2.05. The molecule has 1 heterocycles. The molecule has 0 atom stereocenters. The standard InChI is InChI=1S/C16H13N3O3S2/c1-24(21,22)14-8-4-11(5-9-14)15(20)18-13-6-2-12(3-7-13)16-19-17-10-23-16/h2-10H,1H3,(H,18,20). The molecule has 0 aliphatic heterocycles. The zero-order valence-corrected chi connectivity index (χ0v) is 14.3. The average molecular weight is 359 g/mol. The van der Waals surface area contributed by atoms with Crippen LogP contribution in [0.4, 0.5) is 5.69 Å². The maximum absolute atomic E-state index is 12.2. The van der Waals surface area contributed by atoms with E-state index in [0.717, 1.165) is 16.8 Å². The summed E-state index contributed by atoms with van der Waals surface area (Å²) >= 11 is 1.44. The van der Waals surface area contributed by atoms with Gasteiger partial charge in [-0.15, -0.1) is 10.2 Å². The van der Waals surface area contributed by atoms with Gasteiger partial charge in [-0.25, -0.2) is 8.42 Å². The summed E-state index contributed by atoms with van der Waals surface area (Å²) in [6.07, 6.45) is 1.13. The van der Waals surface area contributed by atoms with E-state index in [1.807, 2.05) is 12.1 Å². The highest BCUT2D eigenvalue weighted by Crippen LogP contribution is 2.22. The molecule has 1 N–H and O–H groups in total. The number of nitrogens with zero attached hydrogens (tertiary/aromatic N) is 2. The summed E-state index contributed by atoms with van der Waals surface area (Å²) in [5.41, 5.74) is 3.61. The average Bonchev–Trinajstić information content (AvgIpc) is 3.09. The van der Waals surface area contributed by atoms with Crippen molar-refractivity contribution < 1.29 is 13.2 Å². The van der Waals surface area contributed by atoms with Gasteiger partial charge in [-0.2, -0.15) is 0 Å². The van der Waals surface area contributed by atoms with Crippen LogP contribution in [0.25, 0.3) is 10.6 Å². The Balaban J connectivity index is 1.73. The molecular weight excluding hydrogens is 346 g/mol. The summed E-state index contributed by atoms with van der Waals surface area (Å²) in [6.45, 7) is 0. The molecule has 0 unspecified atom stereocenters. The number of carbonyl (C=O) groups excluding carboxylic acids is 1. The third-order valence-electron chi connectivity index (χ3n) is 3.29. The fourth-order valence-corrected chi connectivity index (χ4v) is 3.24. The SMILES string of the molecule is CS(=O)(=O)c1ccc(C(=O)Nc2ccc(-c3nncs3)cc2)cc1. The number of anilines is 1. The van der Waals surface area contributed by atoms with Crippen molar-refractivity contribution in [3.8, 4) is 10.6 Å². The maximum Gasteiger partial charge on any atom is 0.255 e. The van der Waals surface area contributed by atoms with E-state index in [2.05, 4.69) is 15.5 Å². The largest absolute Gasteiger partial charge is 0.322 e. The van der Waals surface area contributed by atoms with E-state index >= 15 is 0 Å². The van der Waals surface area contributed by atoms with Crippen LogP contribution in [0.2, 0.25) is 0 Å². The predicted octanol–water partition coefficient (Wildman–Crippen LogP) is 2.86. The van der Waals surface area contributed by atoms with Crippen LogP contribution in [0.1, 0.15) is 10.4 Å². The minimum atomic E-state index is -3.27. The van der Waals surface area contributed by atoms with Gasteiger partial charge in [0, 0.05) is 23.1 Å². The van der Waals surface area contributed by atoms with Crippen molar-refractivity contribution in [1.29, 1.82) is 0 Å². The molecule has 24 heavy (non-hydrogen) atoms. The molecule has 0 aliphatic carbocycles. The van der Waals surface area contributed by atoms with Crippen LogP contribution < -0.4 is 5.32 Å². The molecule has 0 fully saturated rings. The van der Waals surface area contributed by atoms with Crippen LogP contribution in [0.15, 0.2) is 58.9 Å². The Hall–Kier alpha value is -2.58. The molecule has 6 nitrogen and oxygen atoms in total. The van der Waals surface area contributed by atoms with Crippen LogP contribution >= 0.6 is 11.3 Å². The Bertz CT molecular complexity index is 949. The van der Waals surface area contributed by atoms with Crippen LogP contribution in [-0.4, -0.2) is 30.8 Å². The second-order valence-corrected chi connectivity index (χ2v) is 7.92. The Labute approximate surface area is 143 Å². The number of hydrogen-bond acceptors (Lipinski definition) is 6. The number of amides is 1. The summed E-state index contributed by atoms with van der Waals surface area (Å²) in [4.78, 5) is 12.4. The van der Waals surface area contributed by atoms with E-state index in [4.69, 9.17) is 0 Å². The third-order valence-corrected chi connectivity index (χ3v) is 5.16. The van der Waals surface area contributed by atoms with Gasteiger partial charge < -0.3 is 5.32 Å². The summed E-state index contributed by atoms with van der Waals surface area (Å²) < 4.78 is 22.9. The lowest BCUT2D eigenvalue weighted by molar-refractivity contribution is 0.102. The van der Waals surface area contributed by atoms with Crippen molar-refractivity contribution in [2.75, 3.05) is 11.6 Å². The molecule has 122 valence electrons. The van der Waals surface area contributed by atoms with Crippen LogP contribution in [-0.2, 0) is 9.84 Å². The van der Waals surface area contributed by atoms with Gasteiger partial charge in [0.25, 0.3) is 5.91 Å². The summed E-state index contributed by atoms with van der Waals surface area (Å²) in [7, 11) is -3.27. The number of aromatic nitrogens is 2. The number of hydrogen-bond donors (Lipinski definition) is 1. The van der Waals surface area contributed by atoms with Gasteiger partial charge in [0.15, 0.2) is 9.84 Å². The molecule has 1 amide bonds. The first-order valence-electron chi connectivity index (χ1n) is 6.91. The topological polar surface area (TPSA) is 89.0 Å². The monoisotopic (exact) mass is 359 g/mol. The first-order valence-corrected chi connectivity index (χ1v) is 9.69. The Morgan fingerprint density at radius 3 is 2.25 bits per heavy atom. The first kappa shape index (κ1) is 16.3. The van der Waals surface area contributed by atoms with Gasteiger partial charge in [0.1, 0.15) is 10.5 Å². The minimum absolute atomic E-state index is 0.181. The molecular formula is C16H13N3O3S2. The second kappa shape index (κ2) is 6.50. The lowest BCUT2D eigenvalue weighted by Gasteiger charge is -2.06. The van der Waals surface area contributed by atoms with Gasteiger partial charge in [-0.05, 0) is 48.5 Å². The highest BCUT2D eigenvalue weighted by molar-refractivity contribution is 7.90. The lowest BCUT2D eigenvalue weighted by atomic mass is 10.2. The number of rotatable bonds is 4. The Morgan fingerprint density at radius 2 is 1.71 bits per heavy atom. The Kier molecular flexibility index (Phi) is 4.41. The summed E-state index contributed by atoms with van der Waals surface area (Å²) in [5, 5.41) is 11.4. The number of nitrogens with one attached hydrogen (secondary N) is 1. The molecule has 0 spiro atoms. The smallest absolute Gasteiger partial charge is 0.255 e. The highest BCUT2D eigenvalue weighted by Gasteiger charge is 2.10. The molecule has 2 aromatic carbocycles. The molecule has 0 bridgehead atoms. The maximum atomic E-state index is 12.2. The highest BCUT2D eigenvalue weighted by atomic mass is 32.2. The van der Waals surface area contributed by atoms with E-state index in [1.54, 1.807) is 17.6 Å². The van der Waals surface area contributed by atoms with Gasteiger partial charge in [0.2, 0.25) is 0 Å². The van der Waals surface area contributed by atoms with E-state index in [0.29, 0.717) is 11.3 Å². The number of sulfone groups is 1. The van der Waals surface area contributed by atoms with Gasteiger partial charge in [0.05, 0.1) is 4.90 Å². The molecule has 8 heteroatoms. The summed E-state index contributed by atoms with van der Waals surface area (Å²) in [5.74, 6) is -0.307. The number of benzene rings is 2. The van der Waals surface area contributed by atoms with Crippen molar-refractivity contribution in [2.24, 2.45) is 0 Å². The van der Waals surface area contributed by atoms with E-state index in [9.17, 15) is 13.2 Å². The predicted molar refractivity (Wildman–Crippen MR) is 92.8 cm³/mol. The fraction of sp³-hybridized carbons (Fsp3) is 0.0625. The molecule has 3 aromatic rings. The molecule has 1 aromatic heterocycles. The molecule has 3 rings (SSSR count). The van der Waals surface area contributed by atoms with Gasteiger partial charge in [-0.1, -0.05) is 11.3 Å². The van der Waals surface area contributed by atoms with Crippen molar-refractivity contribution in [3.05, 3.63) is 59.6 Å². The van der Waals surface area contributed by atoms with Crippen LogP contribution in [0, 0.1) is 0 Å². The summed E-state index contributed by atoms with van der Waals surface area (Å²) in [6, 6.07) is 13.1. The van der Waals surface area contributed by atoms with Crippen molar-refractivity contribution in [2.45, 2.75) is 4.90 Å². The Morgan fingerprint density at radius 1 is 1.04 bits per heavy atom. The van der Waals surface area contributed by atoms with Crippen LogP contribution in [0.5, 0.6) is 0 Å². The minimum Gasteiger partial charge on any atom is -0.322 e. The molecule has 0 radical (unpaired) electrons. The quantitative estimate of drug-likeness (QED) is 0.774. The van der Waals surface area contributed by atoms with Gasteiger partial charge in [-0.3, -0.25) is 4.79 Å². The lowest BCUT2D eigenvalue weighted by Crippen LogP contribution is -2.12. The second-order valence-electron chi connectivity index (χ2n) is 5.07. The molecule has 0 saturated carbocycles. The van der Waals surface area contributed by atoms with Gasteiger partial charge >= 0.3 is 0 Å². The number of carbonyl (C=O) groups is 1. The van der Waals surface area contributed by atoms with Crippen molar-refractivity contribution in [3.63, 3.8) is 0 Å². The molecule has 0 aliphatic rings. The molecule has 0 saturated heterocycles.